The van der Waals surface area contributed by atoms with Crippen molar-refractivity contribution in [3.05, 3.63) is 90.1 Å². The Kier molecular flexibility index (Phi) is 7.00. The molecule has 2 heterocycles. The number of guanidine groups is 1. The quantitative estimate of drug-likeness (QED) is 0.289. The van der Waals surface area contributed by atoms with E-state index in [1.807, 2.05) is 18.5 Å². The van der Waals surface area contributed by atoms with E-state index >= 15 is 0 Å². The number of rotatable bonds is 9. The van der Waals surface area contributed by atoms with Crippen LogP contribution in [-0.2, 0) is 19.4 Å². The van der Waals surface area contributed by atoms with E-state index in [-0.39, 0.29) is 0 Å². The minimum atomic E-state index is 0.689. The molecule has 0 saturated heterocycles. The van der Waals surface area contributed by atoms with Crippen molar-refractivity contribution in [1.29, 1.82) is 0 Å². The number of para-hydroxylation sites is 1. The van der Waals surface area contributed by atoms with Gasteiger partial charge < -0.3 is 20.2 Å². The van der Waals surface area contributed by atoms with Gasteiger partial charge in [0.2, 0.25) is 0 Å². The Hall–Kier alpha value is -3.54. The smallest absolute Gasteiger partial charge is 0.191 e. The second kappa shape index (κ2) is 10.5. The van der Waals surface area contributed by atoms with Crippen LogP contribution in [0.25, 0.3) is 10.9 Å². The van der Waals surface area contributed by atoms with Crippen LogP contribution in [0.5, 0.6) is 0 Å². The molecule has 6 heteroatoms. The predicted octanol–water partition coefficient (Wildman–Crippen LogP) is 3.75. The number of aromatic nitrogens is 3. The minimum Gasteiger partial charge on any atom is -0.361 e. The highest BCUT2D eigenvalue weighted by Gasteiger charge is 2.05. The third-order valence-corrected chi connectivity index (χ3v) is 5.31. The van der Waals surface area contributed by atoms with Crippen LogP contribution < -0.4 is 10.6 Å². The summed E-state index contributed by atoms with van der Waals surface area (Å²) in [5, 5.41) is 8.08. The minimum absolute atomic E-state index is 0.689. The molecule has 0 aliphatic rings. The van der Waals surface area contributed by atoms with Crippen molar-refractivity contribution in [2.45, 2.75) is 26.3 Å². The van der Waals surface area contributed by atoms with Gasteiger partial charge in [0, 0.05) is 62.1 Å². The number of imidazole rings is 1. The summed E-state index contributed by atoms with van der Waals surface area (Å²) < 4.78 is 2.20. The molecule has 0 aliphatic heterocycles. The van der Waals surface area contributed by atoms with Gasteiger partial charge in [0.25, 0.3) is 0 Å². The lowest BCUT2D eigenvalue weighted by molar-refractivity contribution is 0.712. The summed E-state index contributed by atoms with van der Waals surface area (Å²) in [6.07, 6.45) is 7.75. The normalized spacial score (nSPS) is 11.7. The Balaban J connectivity index is 1.31. The van der Waals surface area contributed by atoms with Crippen LogP contribution in [-0.4, -0.2) is 40.1 Å². The first-order valence-electron chi connectivity index (χ1n) is 10.9. The van der Waals surface area contributed by atoms with Gasteiger partial charge in [-0.05, 0) is 30.5 Å². The van der Waals surface area contributed by atoms with Gasteiger partial charge in [-0.3, -0.25) is 4.99 Å². The first-order valence-corrected chi connectivity index (χ1v) is 10.9. The average Bonchev–Trinajstić information content (AvgIpc) is 3.41. The first-order chi connectivity index (χ1) is 15.3. The molecule has 4 aromatic rings. The Morgan fingerprint density at radius 2 is 1.87 bits per heavy atom. The summed E-state index contributed by atoms with van der Waals surface area (Å²) in [5.41, 5.74) is 3.78. The van der Waals surface area contributed by atoms with Crippen LogP contribution in [0, 0.1) is 0 Å². The topological polar surface area (TPSA) is 70.0 Å². The zero-order valence-corrected chi connectivity index (χ0v) is 18.0. The highest BCUT2D eigenvalue weighted by atomic mass is 15.2. The van der Waals surface area contributed by atoms with Gasteiger partial charge in [-0.1, -0.05) is 48.5 Å². The fraction of sp³-hybridized carbons (Fsp3) is 0.280. The molecule has 4 rings (SSSR count). The molecule has 0 aliphatic carbocycles. The molecule has 160 valence electrons. The van der Waals surface area contributed by atoms with Crippen molar-refractivity contribution < 1.29 is 0 Å². The second-order valence-electron chi connectivity index (χ2n) is 7.50. The van der Waals surface area contributed by atoms with Crippen molar-refractivity contribution in [3.63, 3.8) is 0 Å². The number of H-pyrrole nitrogens is 1. The van der Waals surface area contributed by atoms with E-state index in [9.17, 15) is 0 Å². The summed E-state index contributed by atoms with van der Waals surface area (Å²) in [7, 11) is 0. The number of nitrogens with zero attached hydrogens (tertiary/aromatic N) is 3. The average molecular weight is 415 g/mol. The molecule has 0 amide bonds. The number of aliphatic imine (C=N–C) groups is 1. The Bertz CT molecular complexity index is 1110. The van der Waals surface area contributed by atoms with Crippen molar-refractivity contribution in [1.82, 2.24) is 25.2 Å². The van der Waals surface area contributed by atoms with Gasteiger partial charge in [0.05, 0.1) is 0 Å². The van der Waals surface area contributed by atoms with Crippen LogP contribution in [0.2, 0.25) is 0 Å². The maximum Gasteiger partial charge on any atom is 0.191 e. The van der Waals surface area contributed by atoms with Gasteiger partial charge >= 0.3 is 0 Å². The molecule has 0 radical (unpaired) electrons. The third kappa shape index (κ3) is 5.54. The number of benzene rings is 2. The van der Waals surface area contributed by atoms with Gasteiger partial charge in [0.15, 0.2) is 5.96 Å². The largest absolute Gasteiger partial charge is 0.361 e. The standard InChI is InChI=1S/C25H30N6/c1-2-26-25(28-14-12-21-18-30-23-11-7-6-10-22(21)23)29-15-13-24-27-16-17-31(24)19-20-8-4-3-5-9-20/h3-11,16-18,30H,2,12-15,19H2,1H3,(H2,26,28,29). The van der Waals surface area contributed by atoms with Crippen molar-refractivity contribution in [3.8, 4) is 0 Å². The summed E-state index contributed by atoms with van der Waals surface area (Å²) in [5.74, 6) is 1.91. The van der Waals surface area contributed by atoms with Gasteiger partial charge in [0.1, 0.15) is 5.82 Å². The lowest BCUT2D eigenvalue weighted by atomic mass is 10.1. The molecule has 2 aromatic carbocycles. The van der Waals surface area contributed by atoms with E-state index < -0.39 is 0 Å². The second-order valence-corrected chi connectivity index (χ2v) is 7.50. The van der Waals surface area contributed by atoms with E-state index in [4.69, 9.17) is 4.99 Å². The highest BCUT2D eigenvalue weighted by molar-refractivity contribution is 5.83. The Labute approximate surface area is 183 Å². The van der Waals surface area contributed by atoms with E-state index in [0.29, 0.717) is 6.54 Å². The van der Waals surface area contributed by atoms with Crippen LogP contribution in [0.1, 0.15) is 23.9 Å². The summed E-state index contributed by atoms with van der Waals surface area (Å²) in [6, 6.07) is 18.9. The van der Waals surface area contributed by atoms with E-state index in [2.05, 4.69) is 86.8 Å². The first kappa shape index (κ1) is 20.7. The number of hydrogen-bond donors (Lipinski definition) is 3. The van der Waals surface area contributed by atoms with E-state index in [1.54, 1.807) is 0 Å². The van der Waals surface area contributed by atoms with E-state index in [0.717, 1.165) is 44.3 Å². The molecule has 0 saturated carbocycles. The van der Waals surface area contributed by atoms with Gasteiger partial charge in [-0.15, -0.1) is 0 Å². The number of aromatic amines is 1. The van der Waals surface area contributed by atoms with Crippen molar-refractivity contribution in [2.75, 3.05) is 19.6 Å². The van der Waals surface area contributed by atoms with E-state index in [1.165, 1.54) is 22.0 Å². The van der Waals surface area contributed by atoms with Crippen LogP contribution in [0.3, 0.4) is 0 Å². The molecule has 3 N–H and O–H groups in total. The monoisotopic (exact) mass is 414 g/mol. The van der Waals surface area contributed by atoms with Crippen LogP contribution in [0.4, 0.5) is 0 Å². The van der Waals surface area contributed by atoms with Crippen molar-refractivity contribution >= 4 is 16.9 Å². The molecule has 0 spiro atoms. The third-order valence-electron chi connectivity index (χ3n) is 5.31. The highest BCUT2D eigenvalue weighted by Crippen LogP contribution is 2.17. The summed E-state index contributed by atoms with van der Waals surface area (Å²) in [6.45, 7) is 5.28. The number of nitrogens with one attached hydrogen (secondary N) is 3. The predicted molar refractivity (Wildman–Crippen MR) is 127 cm³/mol. The van der Waals surface area contributed by atoms with Gasteiger partial charge in [-0.2, -0.15) is 0 Å². The van der Waals surface area contributed by atoms with Crippen LogP contribution >= 0.6 is 0 Å². The molecule has 0 atom stereocenters. The molecule has 0 unspecified atom stereocenters. The summed E-state index contributed by atoms with van der Waals surface area (Å²) >= 11 is 0. The Morgan fingerprint density at radius 3 is 2.74 bits per heavy atom. The molecular weight excluding hydrogens is 384 g/mol. The van der Waals surface area contributed by atoms with Crippen molar-refractivity contribution in [2.24, 2.45) is 4.99 Å². The maximum absolute atomic E-state index is 4.75. The fourth-order valence-corrected chi connectivity index (χ4v) is 3.76. The molecule has 31 heavy (non-hydrogen) atoms. The lowest BCUT2D eigenvalue weighted by Crippen LogP contribution is -2.38. The molecular formula is C25H30N6. The lowest BCUT2D eigenvalue weighted by Gasteiger charge is -2.11. The molecule has 2 aromatic heterocycles. The fourth-order valence-electron chi connectivity index (χ4n) is 3.76. The number of fused-ring (bicyclic) bond motifs is 1. The number of hydrogen-bond acceptors (Lipinski definition) is 2. The summed E-state index contributed by atoms with van der Waals surface area (Å²) in [4.78, 5) is 12.6. The molecule has 0 bridgehead atoms. The molecule has 6 nitrogen and oxygen atoms in total. The zero-order chi connectivity index (χ0) is 21.3. The maximum atomic E-state index is 4.75. The zero-order valence-electron chi connectivity index (χ0n) is 18.0. The Morgan fingerprint density at radius 1 is 1.03 bits per heavy atom. The SMILES string of the molecule is CCNC(=NCCc1nccn1Cc1ccccc1)NCCc1c[nH]c2ccccc12. The molecule has 0 fully saturated rings. The van der Waals surface area contributed by atoms with Gasteiger partial charge in [-0.25, -0.2) is 4.98 Å². The van der Waals surface area contributed by atoms with Crippen LogP contribution in [0.15, 0.2) is 78.2 Å².